The number of methoxy groups -OCH3 is 3. The van der Waals surface area contributed by atoms with Crippen molar-refractivity contribution in [2.45, 2.75) is 13.3 Å². The molecule has 0 fully saturated rings. The summed E-state index contributed by atoms with van der Waals surface area (Å²) in [5.74, 6) is 0.235. The van der Waals surface area contributed by atoms with Crippen LogP contribution in [0.5, 0.6) is 17.2 Å². The van der Waals surface area contributed by atoms with Crippen molar-refractivity contribution in [2.75, 3.05) is 21.3 Å². The maximum Gasteiger partial charge on any atom is 0.306 e. The Morgan fingerprint density at radius 2 is 1.84 bits per heavy atom. The molecule has 1 N–H and O–H groups in total. The quantitative estimate of drug-likeness (QED) is 0.867. The molecule has 0 spiro atoms. The average molecular weight is 333 g/mol. The molecule has 5 nitrogen and oxygen atoms in total. The van der Waals surface area contributed by atoms with E-state index in [0.29, 0.717) is 28.1 Å². The topological polar surface area (TPSA) is 65.0 Å². The van der Waals surface area contributed by atoms with E-state index in [9.17, 15) is 4.79 Å². The zero-order chi connectivity index (χ0) is 14.6. The van der Waals surface area contributed by atoms with Gasteiger partial charge in [-0.25, -0.2) is 0 Å². The van der Waals surface area contributed by atoms with Crippen LogP contribution in [0.2, 0.25) is 0 Å². The summed E-state index contributed by atoms with van der Waals surface area (Å²) in [5, 5.41) is 9.01. The molecular weight excluding hydrogens is 316 g/mol. The normalized spacial score (nSPS) is 11.8. The van der Waals surface area contributed by atoms with Gasteiger partial charge in [-0.3, -0.25) is 4.79 Å². The summed E-state index contributed by atoms with van der Waals surface area (Å²) in [6.07, 6.45) is 0.333. The molecule has 0 bridgehead atoms. The van der Waals surface area contributed by atoms with E-state index < -0.39 is 11.9 Å². The summed E-state index contributed by atoms with van der Waals surface area (Å²) in [6.45, 7) is 1.64. The lowest BCUT2D eigenvalue weighted by Gasteiger charge is -2.18. The molecule has 106 valence electrons. The van der Waals surface area contributed by atoms with Gasteiger partial charge in [0, 0.05) is 11.6 Å². The van der Waals surface area contributed by atoms with Crippen molar-refractivity contribution < 1.29 is 24.1 Å². The van der Waals surface area contributed by atoms with Crippen LogP contribution in [0.1, 0.15) is 12.5 Å². The number of aliphatic carboxylic acids is 1. The minimum absolute atomic E-state index is 0.333. The number of carbonyl (C=O) groups is 1. The summed E-state index contributed by atoms with van der Waals surface area (Å²) in [7, 11) is 4.59. The highest BCUT2D eigenvalue weighted by Crippen LogP contribution is 2.43. The minimum atomic E-state index is -0.858. The molecule has 1 aromatic carbocycles. The lowest BCUT2D eigenvalue weighted by Crippen LogP contribution is -2.13. The van der Waals surface area contributed by atoms with Crippen LogP contribution in [0.4, 0.5) is 0 Å². The molecular formula is C13H17BrO5. The van der Waals surface area contributed by atoms with Gasteiger partial charge in [-0.1, -0.05) is 6.92 Å². The van der Waals surface area contributed by atoms with E-state index >= 15 is 0 Å². The minimum Gasteiger partial charge on any atom is -0.496 e. The molecule has 1 aromatic rings. The summed E-state index contributed by atoms with van der Waals surface area (Å²) in [6, 6.07) is 1.69. The molecule has 1 atom stereocenters. The Morgan fingerprint density at radius 1 is 1.26 bits per heavy atom. The molecule has 0 saturated carbocycles. The van der Waals surface area contributed by atoms with Gasteiger partial charge in [0.25, 0.3) is 0 Å². The first-order valence-corrected chi connectivity index (χ1v) is 6.45. The second-order valence-corrected chi connectivity index (χ2v) is 4.84. The Kier molecular flexibility index (Phi) is 5.47. The van der Waals surface area contributed by atoms with E-state index in [1.807, 2.05) is 0 Å². The van der Waals surface area contributed by atoms with Crippen molar-refractivity contribution in [3.63, 3.8) is 0 Å². The molecule has 0 aliphatic heterocycles. The third kappa shape index (κ3) is 3.32. The predicted octanol–water partition coefficient (Wildman–Crippen LogP) is 2.74. The lowest BCUT2D eigenvalue weighted by molar-refractivity contribution is -0.141. The summed E-state index contributed by atoms with van der Waals surface area (Å²) < 4.78 is 16.4. The maximum atomic E-state index is 11.0. The second-order valence-electron chi connectivity index (χ2n) is 4.05. The van der Waals surface area contributed by atoms with Crippen LogP contribution in [-0.4, -0.2) is 32.4 Å². The Labute approximate surface area is 120 Å². The average Bonchev–Trinajstić information content (AvgIpc) is 2.39. The fraction of sp³-hybridized carbons (Fsp3) is 0.462. The molecule has 0 amide bonds. The van der Waals surface area contributed by atoms with Crippen LogP contribution in [-0.2, 0) is 11.2 Å². The molecule has 0 saturated heterocycles. The number of halogens is 1. The Morgan fingerprint density at radius 3 is 2.26 bits per heavy atom. The van der Waals surface area contributed by atoms with Crippen LogP contribution in [0.25, 0.3) is 0 Å². The molecule has 1 rings (SSSR count). The molecule has 0 aliphatic carbocycles. The van der Waals surface area contributed by atoms with Crippen molar-refractivity contribution in [1.29, 1.82) is 0 Å². The third-order valence-corrected chi connectivity index (χ3v) is 3.66. The number of hydrogen-bond donors (Lipinski definition) is 1. The smallest absolute Gasteiger partial charge is 0.306 e. The molecule has 0 aromatic heterocycles. The Hall–Kier alpha value is -1.43. The van der Waals surface area contributed by atoms with Gasteiger partial charge < -0.3 is 19.3 Å². The fourth-order valence-corrected chi connectivity index (χ4v) is 2.45. The van der Waals surface area contributed by atoms with Gasteiger partial charge in [0.1, 0.15) is 5.75 Å². The molecule has 0 heterocycles. The van der Waals surface area contributed by atoms with Crippen LogP contribution < -0.4 is 14.2 Å². The van der Waals surface area contributed by atoms with Gasteiger partial charge >= 0.3 is 5.97 Å². The first-order chi connectivity index (χ1) is 8.96. The van der Waals surface area contributed by atoms with Crippen molar-refractivity contribution in [1.82, 2.24) is 0 Å². The van der Waals surface area contributed by atoms with Crippen molar-refractivity contribution in [2.24, 2.45) is 5.92 Å². The second kappa shape index (κ2) is 6.65. The van der Waals surface area contributed by atoms with Crippen molar-refractivity contribution >= 4 is 21.9 Å². The van der Waals surface area contributed by atoms with Crippen molar-refractivity contribution in [3.05, 3.63) is 16.1 Å². The van der Waals surface area contributed by atoms with Gasteiger partial charge in [-0.05, 0) is 22.4 Å². The largest absolute Gasteiger partial charge is 0.496 e. The summed E-state index contributed by atoms with van der Waals surface area (Å²) in [4.78, 5) is 11.0. The number of rotatable bonds is 6. The van der Waals surface area contributed by atoms with Crippen LogP contribution >= 0.6 is 15.9 Å². The zero-order valence-corrected chi connectivity index (χ0v) is 12.9. The van der Waals surface area contributed by atoms with Crippen LogP contribution in [0, 0.1) is 5.92 Å². The first-order valence-electron chi connectivity index (χ1n) is 5.66. The Balaban J connectivity index is 3.32. The highest BCUT2D eigenvalue weighted by Gasteiger charge is 2.22. The monoisotopic (exact) mass is 332 g/mol. The van der Waals surface area contributed by atoms with E-state index in [4.69, 9.17) is 19.3 Å². The molecule has 1 unspecified atom stereocenters. The van der Waals surface area contributed by atoms with Gasteiger partial charge in [0.2, 0.25) is 0 Å². The number of benzene rings is 1. The molecule has 19 heavy (non-hydrogen) atoms. The zero-order valence-electron chi connectivity index (χ0n) is 11.3. The molecule has 0 aliphatic rings. The van der Waals surface area contributed by atoms with E-state index in [1.165, 1.54) is 21.3 Å². The number of carboxylic acids is 1. The van der Waals surface area contributed by atoms with Gasteiger partial charge in [-0.2, -0.15) is 0 Å². The lowest BCUT2D eigenvalue weighted by atomic mass is 10.00. The summed E-state index contributed by atoms with van der Waals surface area (Å²) >= 11 is 3.42. The van der Waals surface area contributed by atoms with E-state index in [1.54, 1.807) is 13.0 Å². The Bertz CT molecular complexity index is 473. The predicted molar refractivity (Wildman–Crippen MR) is 74.3 cm³/mol. The number of carboxylic acid groups (broad SMARTS) is 1. The maximum absolute atomic E-state index is 11.0. The van der Waals surface area contributed by atoms with Crippen LogP contribution in [0.3, 0.4) is 0 Å². The van der Waals surface area contributed by atoms with Gasteiger partial charge in [0.15, 0.2) is 11.5 Å². The number of ether oxygens (including phenoxy) is 3. The van der Waals surface area contributed by atoms with E-state index in [0.717, 1.165) is 5.56 Å². The highest BCUT2D eigenvalue weighted by atomic mass is 79.9. The molecule has 6 heteroatoms. The number of hydrogen-bond acceptors (Lipinski definition) is 4. The highest BCUT2D eigenvalue weighted by molar-refractivity contribution is 9.10. The van der Waals surface area contributed by atoms with E-state index in [-0.39, 0.29) is 0 Å². The SMILES string of the molecule is COc1cc(OC)c(OC)c(Br)c1CC(C)C(=O)O. The fourth-order valence-electron chi connectivity index (χ4n) is 1.73. The van der Waals surface area contributed by atoms with Crippen LogP contribution in [0.15, 0.2) is 10.5 Å². The first kappa shape index (κ1) is 15.6. The summed E-state index contributed by atoms with van der Waals surface area (Å²) in [5.41, 5.74) is 0.745. The third-order valence-electron chi connectivity index (χ3n) is 2.82. The van der Waals surface area contributed by atoms with E-state index in [2.05, 4.69) is 15.9 Å². The standard InChI is InChI=1S/C13H17BrO5/c1-7(13(15)16)5-8-9(17-2)6-10(18-3)12(19-4)11(8)14/h6-7H,5H2,1-4H3,(H,15,16). The molecule has 0 radical (unpaired) electrons. The van der Waals surface area contributed by atoms with Gasteiger partial charge in [0.05, 0.1) is 31.7 Å². The van der Waals surface area contributed by atoms with Gasteiger partial charge in [-0.15, -0.1) is 0 Å². The van der Waals surface area contributed by atoms with Crippen molar-refractivity contribution in [3.8, 4) is 17.2 Å².